The van der Waals surface area contributed by atoms with Gasteiger partial charge in [0.05, 0.1) is 6.04 Å². The van der Waals surface area contributed by atoms with Crippen molar-refractivity contribution in [1.82, 2.24) is 16.0 Å². The van der Waals surface area contributed by atoms with Crippen molar-refractivity contribution in [2.24, 2.45) is 5.73 Å². The average molecular weight is 354 g/mol. The fourth-order valence-electron chi connectivity index (χ4n) is 2.08. The van der Waals surface area contributed by atoms with Gasteiger partial charge in [0.25, 0.3) is 0 Å². The van der Waals surface area contributed by atoms with E-state index in [9.17, 15) is 9.59 Å². The molecular weight excluding hydrogens is 328 g/mol. The molecule has 0 aliphatic carbocycles. The topological polar surface area (TPSA) is 116 Å². The van der Waals surface area contributed by atoms with E-state index in [1.54, 1.807) is 0 Å². The van der Waals surface area contributed by atoms with Crippen molar-refractivity contribution in [1.29, 1.82) is 0 Å². The molecule has 0 aromatic heterocycles. The van der Waals surface area contributed by atoms with Gasteiger partial charge in [0.15, 0.2) is 0 Å². The molecule has 0 saturated carbocycles. The zero-order valence-corrected chi connectivity index (χ0v) is 14.5. The standard InChI is InChI=1S/C16H26N4O3S/c17-13(11-24)9-18-6-7-19-14(16(23)20-10-15(21)22)8-12-4-2-1-3-5-12/h1-5,13-14,18-19,24H,6-11,17H2,(H,20,23)(H,21,22). The molecule has 1 aromatic rings. The van der Waals surface area contributed by atoms with Gasteiger partial charge in [-0.3, -0.25) is 9.59 Å². The highest BCUT2D eigenvalue weighted by atomic mass is 32.1. The van der Waals surface area contributed by atoms with E-state index >= 15 is 0 Å². The highest BCUT2D eigenvalue weighted by Gasteiger charge is 2.18. The van der Waals surface area contributed by atoms with Crippen LogP contribution in [0.2, 0.25) is 0 Å². The molecular formula is C16H26N4O3S. The molecule has 134 valence electrons. The van der Waals surface area contributed by atoms with Crippen molar-refractivity contribution in [3.63, 3.8) is 0 Å². The zero-order valence-electron chi connectivity index (χ0n) is 13.6. The predicted octanol–water partition coefficient (Wildman–Crippen LogP) is -0.765. The monoisotopic (exact) mass is 354 g/mol. The van der Waals surface area contributed by atoms with Crippen molar-refractivity contribution >= 4 is 24.5 Å². The number of carbonyl (C=O) groups is 2. The van der Waals surface area contributed by atoms with Gasteiger partial charge in [-0.2, -0.15) is 12.6 Å². The van der Waals surface area contributed by atoms with Gasteiger partial charge in [0, 0.05) is 31.4 Å². The van der Waals surface area contributed by atoms with Crippen LogP contribution in [0.5, 0.6) is 0 Å². The van der Waals surface area contributed by atoms with E-state index in [1.165, 1.54) is 0 Å². The maximum Gasteiger partial charge on any atom is 0.322 e. The molecule has 0 aliphatic rings. The zero-order chi connectivity index (χ0) is 17.8. The van der Waals surface area contributed by atoms with Crippen molar-refractivity contribution < 1.29 is 14.7 Å². The molecule has 0 fully saturated rings. The van der Waals surface area contributed by atoms with Crippen LogP contribution >= 0.6 is 12.6 Å². The van der Waals surface area contributed by atoms with Gasteiger partial charge in [-0.15, -0.1) is 0 Å². The number of amides is 1. The van der Waals surface area contributed by atoms with Crippen molar-refractivity contribution in [2.75, 3.05) is 31.9 Å². The Morgan fingerprint density at radius 1 is 1.21 bits per heavy atom. The lowest BCUT2D eigenvalue weighted by atomic mass is 10.1. The Morgan fingerprint density at radius 3 is 2.54 bits per heavy atom. The summed E-state index contributed by atoms with van der Waals surface area (Å²) in [5, 5.41) is 17.4. The van der Waals surface area contributed by atoms with Gasteiger partial charge in [-0.25, -0.2) is 0 Å². The number of carbonyl (C=O) groups excluding carboxylic acids is 1. The molecule has 1 rings (SSSR count). The van der Waals surface area contributed by atoms with Crippen molar-refractivity contribution in [3.8, 4) is 0 Å². The third-order valence-electron chi connectivity index (χ3n) is 3.35. The number of aliphatic carboxylic acids is 1. The summed E-state index contributed by atoms with van der Waals surface area (Å²) in [4.78, 5) is 22.8. The maximum absolute atomic E-state index is 12.2. The summed E-state index contributed by atoms with van der Waals surface area (Å²) < 4.78 is 0. The Labute approximate surface area is 147 Å². The van der Waals surface area contributed by atoms with Crippen LogP contribution in [-0.4, -0.2) is 61.0 Å². The fraction of sp³-hybridized carbons (Fsp3) is 0.500. The van der Waals surface area contributed by atoms with E-state index in [1.807, 2.05) is 30.3 Å². The number of hydrogen-bond donors (Lipinski definition) is 6. The molecule has 24 heavy (non-hydrogen) atoms. The second kappa shape index (κ2) is 11.9. The van der Waals surface area contributed by atoms with E-state index in [4.69, 9.17) is 10.8 Å². The molecule has 8 heteroatoms. The number of hydrogen-bond acceptors (Lipinski definition) is 6. The molecule has 0 aliphatic heterocycles. The number of rotatable bonds is 12. The van der Waals surface area contributed by atoms with Gasteiger partial charge >= 0.3 is 5.97 Å². The van der Waals surface area contributed by atoms with E-state index in [0.717, 1.165) is 5.56 Å². The van der Waals surface area contributed by atoms with Crippen LogP contribution in [0.15, 0.2) is 30.3 Å². The highest BCUT2D eigenvalue weighted by Crippen LogP contribution is 2.03. The summed E-state index contributed by atoms with van der Waals surface area (Å²) in [6.07, 6.45) is 0.489. The number of thiol groups is 1. The molecule has 0 radical (unpaired) electrons. The minimum absolute atomic E-state index is 0.00712. The lowest BCUT2D eigenvalue weighted by Gasteiger charge is -2.19. The second-order valence-corrected chi connectivity index (χ2v) is 5.82. The first-order valence-electron chi connectivity index (χ1n) is 7.87. The summed E-state index contributed by atoms with van der Waals surface area (Å²) >= 11 is 4.11. The Kier molecular flexibility index (Phi) is 10.1. The smallest absolute Gasteiger partial charge is 0.322 e. The van der Waals surface area contributed by atoms with Crippen LogP contribution < -0.4 is 21.7 Å². The van der Waals surface area contributed by atoms with E-state index in [-0.39, 0.29) is 18.5 Å². The minimum atomic E-state index is -1.07. The summed E-state index contributed by atoms with van der Waals surface area (Å²) in [6.45, 7) is 1.48. The Morgan fingerprint density at radius 2 is 1.92 bits per heavy atom. The quantitative estimate of drug-likeness (QED) is 0.217. The first kappa shape index (κ1) is 20.4. The largest absolute Gasteiger partial charge is 0.480 e. The maximum atomic E-state index is 12.2. The molecule has 1 aromatic carbocycles. The Bertz CT molecular complexity index is 501. The first-order valence-corrected chi connectivity index (χ1v) is 8.50. The lowest BCUT2D eigenvalue weighted by Crippen LogP contribution is -2.49. The summed E-state index contributed by atoms with van der Waals surface area (Å²) in [5.41, 5.74) is 6.76. The van der Waals surface area contributed by atoms with Gasteiger partial charge in [-0.05, 0) is 12.0 Å². The summed E-state index contributed by atoms with van der Waals surface area (Å²) in [6, 6.07) is 9.08. The molecule has 1 amide bonds. The lowest BCUT2D eigenvalue weighted by molar-refractivity contribution is -0.138. The highest BCUT2D eigenvalue weighted by molar-refractivity contribution is 7.80. The Hall–Kier alpha value is -1.61. The number of nitrogens with one attached hydrogen (secondary N) is 3. The number of carboxylic acids is 1. The molecule has 2 atom stereocenters. The van der Waals surface area contributed by atoms with Crippen LogP contribution in [0, 0.1) is 0 Å². The van der Waals surface area contributed by atoms with Gasteiger partial charge in [-0.1, -0.05) is 30.3 Å². The predicted molar refractivity (Wildman–Crippen MR) is 97.3 cm³/mol. The first-order chi connectivity index (χ1) is 11.5. The SMILES string of the molecule is NC(CS)CNCCNC(Cc1ccccc1)C(=O)NCC(=O)O. The number of carboxylic acid groups (broad SMARTS) is 1. The third kappa shape index (κ3) is 8.88. The molecule has 0 saturated heterocycles. The molecule has 2 unspecified atom stereocenters. The van der Waals surface area contributed by atoms with Crippen LogP contribution in [0.3, 0.4) is 0 Å². The Balaban J connectivity index is 2.47. The van der Waals surface area contributed by atoms with E-state index < -0.39 is 12.0 Å². The summed E-state index contributed by atoms with van der Waals surface area (Å²) in [5.74, 6) is -0.785. The third-order valence-corrected chi connectivity index (χ3v) is 3.82. The van der Waals surface area contributed by atoms with Gasteiger partial charge in [0.1, 0.15) is 6.54 Å². The van der Waals surface area contributed by atoms with Crippen LogP contribution in [0.4, 0.5) is 0 Å². The molecule has 0 heterocycles. The van der Waals surface area contributed by atoms with E-state index in [2.05, 4.69) is 28.6 Å². The fourth-order valence-corrected chi connectivity index (χ4v) is 2.21. The summed E-state index contributed by atoms with van der Waals surface area (Å²) in [7, 11) is 0. The molecule has 0 bridgehead atoms. The van der Waals surface area contributed by atoms with Crippen molar-refractivity contribution in [2.45, 2.75) is 18.5 Å². The number of benzene rings is 1. The van der Waals surface area contributed by atoms with Gasteiger partial charge < -0.3 is 26.8 Å². The molecule has 6 N–H and O–H groups in total. The average Bonchev–Trinajstić information content (AvgIpc) is 2.58. The molecule has 0 spiro atoms. The van der Waals surface area contributed by atoms with Crippen LogP contribution in [0.25, 0.3) is 0 Å². The van der Waals surface area contributed by atoms with Crippen LogP contribution in [0.1, 0.15) is 5.56 Å². The van der Waals surface area contributed by atoms with Gasteiger partial charge in [0.2, 0.25) is 5.91 Å². The molecule has 7 nitrogen and oxygen atoms in total. The number of nitrogens with two attached hydrogens (primary N) is 1. The van der Waals surface area contributed by atoms with Crippen molar-refractivity contribution in [3.05, 3.63) is 35.9 Å². The van der Waals surface area contributed by atoms with E-state index in [0.29, 0.717) is 31.8 Å². The normalized spacial score (nSPS) is 13.2. The van der Waals surface area contributed by atoms with Crippen LogP contribution in [-0.2, 0) is 16.0 Å². The second-order valence-electron chi connectivity index (χ2n) is 5.45. The minimum Gasteiger partial charge on any atom is -0.480 e.